The molecule has 0 atom stereocenters. The lowest BCUT2D eigenvalue weighted by Gasteiger charge is -2.37. The van der Waals surface area contributed by atoms with Gasteiger partial charge >= 0.3 is 0 Å². The molecule has 0 aromatic heterocycles. The minimum absolute atomic E-state index is 0.523. The molecule has 2 aliphatic rings. The fourth-order valence-corrected chi connectivity index (χ4v) is 4.96. The zero-order valence-electron chi connectivity index (χ0n) is 15.3. The third kappa shape index (κ3) is 4.69. The van der Waals surface area contributed by atoms with Crippen LogP contribution in [0.4, 0.5) is 0 Å². The standard InChI is InChI=1S/C21H29N3S/c1-16(20-12-13-23-21(20)22)24(2)19-10-8-18(9-11-19)15-25-14-17-6-4-3-5-7-17/h3-7,12-13,18-19H,8-11,14-15H2,1-2H3,(H2,22,23)/b20-16+/t18-,19+. The van der Waals surface area contributed by atoms with Crippen molar-refractivity contribution < 1.29 is 0 Å². The quantitative estimate of drug-likeness (QED) is 0.771. The molecule has 1 saturated carbocycles. The van der Waals surface area contributed by atoms with Gasteiger partial charge < -0.3 is 10.2 Å². The molecule has 1 aliphatic carbocycles. The first-order chi connectivity index (χ1) is 12.1. The Morgan fingerprint density at radius 3 is 2.56 bits per heavy atom. The summed E-state index contributed by atoms with van der Waals surface area (Å²) in [5, 5.41) is 10.9. The normalized spacial score (nSPS) is 25.0. The van der Waals surface area contributed by atoms with E-state index in [1.54, 1.807) is 0 Å². The van der Waals surface area contributed by atoms with E-state index in [4.69, 9.17) is 5.41 Å². The van der Waals surface area contributed by atoms with Crippen molar-refractivity contribution in [2.75, 3.05) is 12.8 Å². The van der Waals surface area contributed by atoms with Crippen LogP contribution in [0.5, 0.6) is 0 Å². The van der Waals surface area contributed by atoms with Crippen LogP contribution in [-0.2, 0) is 5.75 Å². The monoisotopic (exact) mass is 355 g/mol. The maximum atomic E-state index is 7.96. The Balaban J connectivity index is 1.44. The highest BCUT2D eigenvalue weighted by atomic mass is 32.2. The molecule has 2 N–H and O–H groups in total. The van der Waals surface area contributed by atoms with Gasteiger partial charge in [0.2, 0.25) is 0 Å². The second-order valence-electron chi connectivity index (χ2n) is 7.14. The van der Waals surface area contributed by atoms with Crippen LogP contribution in [0.2, 0.25) is 0 Å². The predicted octanol–water partition coefficient (Wildman–Crippen LogP) is 4.78. The number of rotatable bonds is 6. The van der Waals surface area contributed by atoms with E-state index in [-0.39, 0.29) is 0 Å². The average Bonchev–Trinajstić information content (AvgIpc) is 3.08. The first kappa shape index (κ1) is 18.1. The molecule has 3 nitrogen and oxygen atoms in total. The highest BCUT2D eigenvalue weighted by Crippen LogP contribution is 2.32. The molecule has 1 heterocycles. The minimum atomic E-state index is 0.523. The van der Waals surface area contributed by atoms with Crippen molar-refractivity contribution in [1.82, 2.24) is 10.2 Å². The Morgan fingerprint density at radius 1 is 1.20 bits per heavy atom. The molecular formula is C21H29N3S. The molecule has 134 valence electrons. The van der Waals surface area contributed by atoms with Crippen LogP contribution < -0.4 is 5.32 Å². The van der Waals surface area contributed by atoms with E-state index in [1.807, 2.05) is 12.3 Å². The van der Waals surface area contributed by atoms with Crippen LogP contribution >= 0.6 is 11.8 Å². The summed E-state index contributed by atoms with van der Waals surface area (Å²) >= 11 is 2.08. The molecule has 1 fully saturated rings. The zero-order chi connectivity index (χ0) is 17.6. The molecule has 0 radical (unpaired) electrons. The molecule has 4 heteroatoms. The molecule has 1 aliphatic heterocycles. The summed E-state index contributed by atoms with van der Waals surface area (Å²) in [7, 11) is 2.19. The van der Waals surface area contributed by atoms with E-state index in [0.717, 1.165) is 17.2 Å². The summed E-state index contributed by atoms with van der Waals surface area (Å²) < 4.78 is 0. The molecule has 3 rings (SSSR count). The molecule has 0 spiro atoms. The number of thioether (sulfide) groups is 1. The van der Waals surface area contributed by atoms with Gasteiger partial charge in [-0.25, -0.2) is 0 Å². The Bertz CT molecular complexity index is 642. The first-order valence-electron chi connectivity index (χ1n) is 9.22. The van der Waals surface area contributed by atoms with E-state index < -0.39 is 0 Å². The van der Waals surface area contributed by atoms with Crippen molar-refractivity contribution in [3.8, 4) is 0 Å². The van der Waals surface area contributed by atoms with E-state index in [2.05, 4.69) is 66.3 Å². The molecule has 1 aromatic rings. The van der Waals surface area contributed by atoms with E-state index >= 15 is 0 Å². The molecule has 0 unspecified atom stereocenters. The maximum Gasteiger partial charge on any atom is 0.131 e. The lowest BCUT2D eigenvalue weighted by atomic mass is 9.86. The summed E-state index contributed by atoms with van der Waals surface area (Å²) in [6, 6.07) is 11.4. The lowest BCUT2D eigenvalue weighted by Crippen LogP contribution is -2.35. The SMILES string of the molecule is C/C(=C1/C=CNC1=N)N(C)[C@H]1CC[C@@H](CSCc2ccccc2)CC1. The topological polar surface area (TPSA) is 39.1 Å². The van der Waals surface area contributed by atoms with Crippen LogP contribution in [0.1, 0.15) is 38.2 Å². The van der Waals surface area contributed by atoms with Crippen LogP contribution in [0.15, 0.2) is 53.9 Å². The molecule has 25 heavy (non-hydrogen) atoms. The third-order valence-corrected chi connectivity index (χ3v) is 6.74. The highest BCUT2D eigenvalue weighted by Gasteiger charge is 2.25. The molecule has 0 bridgehead atoms. The summed E-state index contributed by atoms with van der Waals surface area (Å²) in [4.78, 5) is 2.40. The summed E-state index contributed by atoms with van der Waals surface area (Å²) in [5.41, 5.74) is 3.68. The van der Waals surface area contributed by atoms with Gasteiger partial charge in [0.1, 0.15) is 5.84 Å². The Labute approximate surface area is 156 Å². The average molecular weight is 356 g/mol. The highest BCUT2D eigenvalue weighted by molar-refractivity contribution is 7.98. The van der Waals surface area contributed by atoms with E-state index in [1.165, 1.54) is 42.7 Å². The fraction of sp³-hybridized carbons (Fsp3) is 0.476. The van der Waals surface area contributed by atoms with Crippen LogP contribution in [0, 0.1) is 11.3 Å². The van der Waals surface area contributed by atoms with Crippen molar-refractivity contribution >= 4 is 17.6 Å². The van der Waals surface area contributed by atoms with Gasteiger partial charge in [-0.05, 0) is 55.9 Å². The lowest BCUT2D eigenvalue weighted by molar-refractivity contribution is 0.208. The third-order valence-electron chi connectivity index (χ3n) is 5.49. The number of hydrogen-bond donors (Lipinski definition) is 2. The van der Waals surface area contributed by atoms with Gasteiger partial charge in [0.25, 0.3) is 0 Å². The van der Waals surface area contributed by atoms with E-state index in [0.29, 0.717) is 11.9 Å². The number of nitrogens with zero attached hydrogens (tertiary/aromatic N) is 1. The number of allylic oxidation sites excluding steroid dienone is 1. The van der Waals surface area contributed by atoms with E-state index in [9.17, 15) is 0 Å². The number of nitrogens with one attached hydrogen (secondary N) is 2. The van der Waals surface area contributed by atoms with Gasteiger partial charge in [-0.2, -0.15) is 11.8 Å². The Hall–Kier alpha value is -1.68. The van der Waals surface area contributed by atoms with Gasteiger partial charge in [0.05, 0.1) is 0 Å². The molecule has 0 saturated heterocycles. The number of amidine groups is 1. The second kappa shape index (κ2) is 8.61. The maximum absolute atomic E-state index is 7.96. The van der Waals surface area contributed by atoms with Gasteiger partial charge in [-0.1, -0.05) is 30.3 Å². The van der Waals surface area contributed by atoms with Crippen molar-refractivity contribution in [1.29, 1.82) is 5.41 Å². The Morgan fingerprint density at radius 2 is 1.92 bits per heavy atom. The smallest absolute Gasteiger partial charge is 0.131 e. The van der Waals surface area contributed by atoms with Gasteiger partial charge in [-0.3, -0.25) is 5.41 Å². The molecule has 1 aromatic carbocycles. The largest absolute Gasteiger partial charge is 0.375 e. The summed E-state index contributed by atoms with van der Waals surface area (Å²) in [6.07, 6.45) is 9.05. The van der Waals surface area contributed by atoms with Crippen LogP contribution in [0.3, 0.4) is 0 Å². The van der Waals surface area contributed by atoms with Crippen molar-refractivity contribution in [2.45, 2.75) is 44.4 Å². The number of hydrogen-bond acceptors (Lipinski definition) is 3. The molecule has 0 amide bonds. The zero-order valence-corrected chi connectivity index (χ0v) is 16.1. The summed E-state index contributed by atoms with van der Waals surface area (Å²) in [6.45, 7) is 2.14. The second-order valence-corrected chi connectivity index (χ2v) is 8.17. The minimum Gasteiger partial charge on any atom is -0.375 e. The number of benzene rings is 1. The van der Waals surface area contributed by atoms with Crippen LogP contribution in [0.25, 0.3) is 0 Å². The predicted molar refractivity (Wildman–Crippen MR) is 109 cm³/mol. The van der Waals surface area contributed by atoms with Crippen molar-refractivity contribution in [3.05, 3.63) is 59.4 Å². The van der Waals surface area contributed by atoms with Crippen molar-refractivity contribution in [2.24, 2.45) is 5.92 Å². The van der Waals surface area contributed by atoms with Crippen molar-refractivity contribution in [3.63, 3.8) is 0 Å². The van der Waals surface area contributed by atoms with Gasteiger partial charge in [0.15, 0.2) is 0 Å². The first-order valence-corrected chi connectivity index (χ1v) is 10.4. The van der Waals surface area contributed by atoms with Gasteiger partial charge in [0, 0.05) is 36.3 Å². The summed E-state index contributed by atoms with van der Waals surface area (Å²) in [5.74, 6) is 3.80. The fourth-order valence-electron chi connectivity index (χ4n) is 3.75. The van der Waals surface area contributed by atoms with Crippen LogP contribution in [-0.4, -0.2) is 29.6 Å². The Kier molecular flexibility index (Phi) is 6.24. The van der Waals surface area contributed by atoms with Gasteiger partial charge in [-0.15, -0.1) is 0 Å². The molecular weight excluding hydrogens is 326 g/mol.